The van der Waals surface area contributed by atoms with Crippen molar-refractivity contribution in [3.8, 4) is 0 Å². The molecule has 0 saturated heterocycles. The number of ether oxygens (including phenoxy) is 1. The van der Waals surface area contributed by atoms with Gasteiger partial charge in [-0.05, 0) is 48.3 Å². The molecule has 0 amide bonds. The molecule has 1 aliphatic rings. The normalized spacial score (nSPS) is 24.6. The highest BCUT2D eigenvalue weighted by Crippen LogP contribution is 2.55. The monoisotopic (exact) mass is 269 g/mol. The molecule has 3 heteroatoms. The van der Waals surface area contributed by atoms with E-state index in [1.54, 1.807) is 0 Å². The first kappa shape index (κ1) is 13.1. The van der Waals surface area contributed by atoms with Gasteiger partial charge in [-0.3, -0.25) is 4.79 Å². The molecule has 3 rings (SSSR count). The molecule has 0 aromatic heterocycles. The van der Waals surface area contributed by atoms with Crippen molar-refractivity contribution in [3.05, 3.63) is 48.0 Å². The van der Waals surface area contributed by atoms with Gasteiger partial charge in [0.25, 0.3) is 0 Å². The van der Waals surface area contributed by atoms with Crippen LogP contribution < -0.4 is 5.32 Å². The molecule has 2 unspecified atom stereocenters. The van der Waals surface area contributed by atoms with Crippen molar-refractivity contribution in [2.45, 2.75) is 11.8 Å². The highest BCUT2D eigenvalue weighted by atomic mass is 16.5. The van der Waals surface area contributed by atoms with Gasteiger partial charge in [0.15, 0.2) is 0 Å². The fraction of sp³-hybridized carbons (Fsp3) is 0.353. The van der Waals surface area contributed by atoms with Crippen LogP contribution >= 0.6 is 0 Å². The fourth-order valence-electron chi connectivity index (χ4n) is 3.19. The van der Waals surface area contributed by atoms with Gasteiger partial charge in [-0.15, -0.1) is 0 Å². The van der Waals surface area contributed by atoms with Crippen molar-refractivity contribution in [1.29, 1.82) is 0 Å². The lowest BCUT2D eigenvalue weighted by Gasteiger charge is -2.16. The maximum absolute atomic E-state index is 12.3. The van der Waals surface area contributed by atoms with E-state index in [-0.39, 0.29) is 5.97 Å². The van der Waals surface area contributed by atoms with Crippen LogP contribution in [0.5, 0.6) is 0 Å². The van der Waals surface area contributed by atoms with E-state index in [4.69, 9.17) is 4.74 Å². The topological polar surface area (TPSA) is 38.3 Å². The molecule has 0 radical (unpaired) electrons. The zero-order valence-electron chi connectivity index (χ0n) is 11.8. The molecule has 0 spiro atoms. The number of methoxy groups -OCH3 is 1. The Labute approximate surface area is 118 Å². The summed E-state index contributed by atoms with van der Waals surface area (Å²) in [6, 6.07) is 14.5. The van der Waals surface area contributed by atoms with Crippen molar-refractivity contribution >= 4 is 16.7 Å². The van der Waals surface area contributed by atoms with Gasteiger partial charge in [-0.1, -0.05) is 36.4 Å². The van der Waals surface area contributed by atoms with E-state index in [0.29, 0.717) is 5.92 Å². The molecule has 104 valence electrons. The van der Waals surface area contributed by atoms with E-state index in [2.05, 4.69) is 35.6 Å². The Morgan fingerprint density at radius 1 is 1.30 bits per heavy atom. The Morgan fingerprint density at radius 3 is 2.75 bits per heavy atom. The van der Waals surface area contributed by atoms with Crippen molar-refractivity contribution in [3.63, 3.8) is 0 Å². The van der Waals surface area contributed by atoms with Crippen molar-refractivity contribution in [1.82, 2.24) is 5.32 Å². The van der Waals surface area contributed by atoms with E-state index in [9.17, 15) is 4.79 Å². The Bertz CT molecular complexity index is 652. The average Bonchev–Trinajstić information content (AvgIpc) is 3.21. The first-order valence-corrected chi connectivity index (χ1v) is 6.94. The molecule has 0 bridgehead atoms. The third-order valence-electron chi connectivity index (χ3n) is 4.37. The molecule has 2 aromatic carbocycles. The molecule has 2 aromatic rings. The fourth-order valence-corrected chi connectivity index (χ4v) is 3.19. The standard InChI is InChI=1S/C17H19NO2/c1-18-11-15-10-17(15,16(19)20-2)14-8-7-12-5-3-4-6-13(12)9-14/h3-9,15,18H,10-11H2,1-2H3. The van der Waals surface area contributed by atoms with Crippen LogP contribution in [0.1, 0.15) is 12.0 Å². The zero-order chi connectivity index (χ0) is 14.2. The predicted molar refractivity (Wildman–Crippen MR) is 79.7 cm³/mol. The summed E-state index contributed by atoms with van der Waals surface area (Å²) in [5, 5.41) is 5.53. The Hall–Kier alpha value is -1.87. The van der Waals surface area contributed by atoms with Gasteiger partial charge in [0, 0.05) is 0 Å². The number of esters is 1. The van der Waals surface area contributed by atoms with Crippen molar-refractivity contribution in [2.24, 2.45) is 5.92 Å². The molecule has 3 nitrogen and oxygen atoms in total. The van der Waals surface area contributed by atoms with Gasteiger partial charge in [-0.2, -0.15) is 0 Å². The van der Waals surface area contributed by atoms with Crippen LogP contribution in [0.25, 0.3) is 10.8 Å². The van der Waals surface area contributed by atoms with Crippen LogP contribution in [-0.4, -0.2) is 26.7 Å². The lowest BCUT2D eigenvalue weighted by Crippen LogP contribution is -2.27. The number of fused-ring (bicyclic) bond motifs is 1. The molecule has 1 aliphatic carbocycles. The van der Waals surface area contributed by atoms with E-state index >= 15 is 0 Å². The number of rotatable bonds is 4. The Kier molecular flexibility index (Phi) is 3.22. The summed E-state index contributed by atoms with van der Waals surface area (Å²) in [6.45, 7) is 0.835. The van der Waals surface area contributed by atoms with Crippen LogP contribution in [0.3, 0.4) is 0 Å². The molecule has 2 atom stereocenters. The smallest absolute Gasteiger partial charge is 0.316 e. The summed E-state index contributed by atoms with van der Waals surface area (Å²) in [5.74, 6) is 0.203. The van der Waals surface area contributed by atoms with E-state index < -0.39 is 5.41 Å². The van der Waals surface area contributed by atoms with E-state index in [1.165, 1.54) is 17.9 Å². The molecular formula is C17H19NO2. The highest BCUT2D eigenvalue weighted by molar-refractivity contribution is 5.90. The second kappa shape index (κ2) is 4.91. The van der Waals surface area contributed by atoms with Gasteiger partial charge in [0.05, 0.1) is 12.5 Å². The quantitative estimate of drug-likeness (QED) is 0.867. The largest absolute Gasteiger partial charge is 0.468 e. The second-order valence-electron chi connectivity index (χ2n) is 5.48. The third kappa shape index (κ3) is 1.90. The second-order valence-corrected chi connectivity index (χ2v) is 5.48. The molecule has 20 heavy (non-hydrogen) atoms. The van der Waals surface area contributed by atoms with Gasteiger partial charge >= 0.3 is 5.97 Å². The SMILES string of the molecule is CNCC1CC1(C(=O)OC)c1ccc2ccccc2c1. The first-order chi connectivity index (χ1) is 9.72. The lowest BCUT2D eigenvalue weighted by molar-refractivity contribution is -0.144. The molecule has 0 heterocycles. The van der Waals surface area contributed by atoms with Gasteiger partial charge in [0.2, 0.25) is 0 Å². The maximum atomic E-state index is 12.3. The number of carbonyl (C=O) groups is 1. The minimum absolute atomic E-state index is 0.118. The van der Waals surface area contributed by atoms with Crippen LogP contribution in [0.2, 0.25) is 0 Å². The van der Waals surface area contributed by atoms with Gasteiger partial charge < -0.3 is 10.1 Å². The zero-order valence-corrected chi connectivity index (χ0v) is 11.8. The van der Waals surface area contributed by atoms with Crippen LogP contribution in [-0.2, 0) is 14.9 Å². The van der Waals surface area contributed by atoms with Crippen LogP contribution in [0.4, 0.5) is 0 Å². The molecule has 1 saturated carbocycles. The Balaban J connectivity index is 2.04. The molecule has 0 aliphatic heterocycles. The lowest BCUT2D eigenvalue weighted by atomic mass is 9.91. The number of nitrogens with one attached hydrogen (secondary N) is 1. The summed E-state index contributed by atoms with van der Waals surface area (Å²) in [7, 11) is 3.39. The summed E-state index contributed by atoms with van der Waals surface area (Å²) in [6.07, 6.45) is 0.860. The minimum Gasteiger partial charge on any atom is -0.468 e. The summed E-state index contributed by atoms with van der Waals surface area (Å²) in [5.41, 5.74) is 0.616. The summed E-state index contributed by atoms with van der Waals surface area (Å²) < 4.78 is 5.05. The number of benzene rings is 2. The van der Waals surface area contributed by atoms with E-state index in [0.717, 1.165) is 18.5 Å². The van der Waals surface area contributed by atoms with E-state index in [1.807, 2.05) is 19.2 Å². The number of hydrogen-bond acceptors (Lipinski definition) is 3. The summed E-state index contributed by atoms with van der Waals surface area (Å²) in [4.78, 5) is 12.3. The average molecular weight is 269 g/mol. The number of carbonyl (C=O) groups excluding carboxylic acids is 1. The highest BCUT2D eigenvalue weighted by Gasteiger charge is 2.61. The van der Waals surface area contributed by atoms with Gasteiger partial charge in [-0.25, -0.2) is 0 Å². The maximum Gasteiger partial charge on any atom is 0.316 e. The van der Waals surface area contributed by atoms with Gasteiger partial charge in [0.1, 0.15) is 0 Å². The first-order valence-electron chi connectivity index (χ1n) is 6.94. The summed E-state index contributed by atoms with van der Waals surface area (Å²) >= 11 is 0. The van der Waals surface area contributed by atoms with Crippen molar-refractivity contribution in [2.75, 3.05) is 20.7 Å². The molecule has 1 fully saturated rings. The number of hydrogen-bond donors (Lipinski definition) is 1. The van der Waals surface area contributed by atoms with Crippen LogP contribution in [0, 0.1) is 5.92 Å². The van der Waals surface area contributed by atoms with Crippen LogP contribution in [0.15, 0.2) is 42.5 Å². The predicted octanol–water partition coefficient (Wildman–Crippen LogP) is 2.49. The molecular weight excluding hydrogens is 250 g/mol. The third-order valence-corrected chi connectivity index (χ3v) is 4.37. The molecule has 1 N–H and O–H groups in total. The minimum atomic E-state index is -0.457. The van der Waals surface area contributed by atoms with Crippen molar-refractivity contribution < 1.29 is 9.53 Å². The Morgan fingerprint density at radius 2 is 2.05 bits per heavy atom.